The number of hydrogen-bond acceptors (Lipinski definition) is 4. The maximum atomic E-state index is 4.86. The van der Waals surface area contributed by atoms with Crippen LogP contribution in [0.15, 0.2) is 134 Å². The molecule has 1 aliphatic heterocycles. The third-order valence-electron chi connectivity index (χ3n) is 7.41. The predicted octanol–water partition coefficient (Wildman–Crippen LogP) is 5.27. The molecule has 6 heteroatoms. The maximum absolute atomic E-state index is 4.86. The van der Waals surface area contributed by atoms with Crippen LogP contribution < -0.4 is 23.1 Å². The van der Waals surface area contributed by atoms with Crippen LogP contribution in [0.1, 0.15) is 0 Å². The van der Waals surface area contributed by atoms with Gasteiger partial charge < -0.3 is 0 Å². The van der Waals surface area contributed by atoms with Crippen LogP contribution in [0.2, 0.25) is 0 Å². The molecule has 0 bridgehead atoms. The molecule has 0 fully saturated rings. The van der Waals surface area contributed by atoms with E-state index in [-0.39, 0.29) is 0 Å². The second kappa shape index (κ2) is 9.93. The molecule has 0 saturated heterocycles. The van der Waals surface area contributed by atoms with Crippen LogP contribution in [0.3, 0.4) is 0 Å². The molecular weight excluding hydrogens is 539 g/mol. The van der Waals surface area contributed by atoms with Gasteiger partial charge in [-0.3, -0.25) is 0 Å². The number of benzene rings is 4. The van der Waals surface area contributed by atoms with Gasteiger partial charge in [-0.05, 0) is 0 Å². The monoisotopic (exact) mass is 567 g/mol. The van der Waals surface area contributed by atoms with Gasteiger partial charge in [0, 0.05) is 0 Å². The molecule has 0 aliphatic carbocycles. The first-order valence-corrected chi connectivity index (χ1v) is 16.7. The Kier molecular flexibility index (Phi) is 5.98. The molecule has 5 nitrogen and oxygen atoms in total. The molecule has 4 aromatic carbocycles. The second-order valence-corrected chi connectivity index (χ2v) is 15.6. The van der Waals surface area contributed by atoms with Crippen molar-refractivity contribution in [2.75, 3.05) is 16.8 Å². The van der Waals surface area contributed by atoms with Gasteiger partial charge in [0.1, 0.15) is 0 Å². The van der Waals surface area contributed by atoms with Crippen molar-refractivity contribution in [1.29, 1.82) is 0 Å². The molecule has 6 aromatic rings. The van der Waals surface area contributed by atoms with E-state index in [0.29, 0.717) is 0 Å². The summed E-state index contributed by atoms with van der Waals surface area (Å²) in [5, 5.41) is 0. The molecule has 1 unspecified atom stereocenters. The van der Waals surface area contributed by atoms with E-state index in [1.54, 1.807) is 6.20 Å². The zero-order valence-electron chi connectivity index (χ0n) is 21.6. The van der Waals surface area contributed by atoms with Crippen molar-refractivity contribution >= 4 is 56.1 Å². The van der Waals surface area contributed by atoms with Crippen LogP contribution in [0.5, 0.6) is 0 Å². The van der Waals surface area contributed by atoms with Crippen molar-refractivity contribution in [2.24, 2.45) is 0 Å². The number of imidazole rings is 1. The number of pyridine rings is 1. The predicted molar refractivity (Wildman–Crippen MR) is 163 cm³/mol. The average Bonchev–Trinajstić information content (AvgIpc) is 3.54. The summed E-state index contributed by atoms with van der Waals surface area (Å²) in [4.78, 5) is 17.3. The average molecular weight is 566 g/mol. The summed E-state index contributed by atoms with van der Waals surface area (Å²) < 4.78 is 4.00. The fourth-order valence-electron chi connectivity index (χ4n) is 5.60. The Hall–Kier alpha value is -4.62. The molecule has 39 heavy (non-hydrogen) atoms. The minimum atomic E-state index is -2.44. The molecule has 0 spiro atoms. The standard InChI is InChI=1S/C33H27GeN5/c1-38-28-14-5-6-15-30(28)39(27-13-9-10-24(22-27)33-36-20-21-37-33)31-23-26(17-18-29(31)38)34(25-11-3-2-4-12-25)32-16-7-8-19-35-32/h2-23,34H,1H3,(H,36,37). The van der Waals surface area contributed by atoms with E-state index in [9.17, 15) is 0 Å². The number of hydrogen-bond donors (Lipinski definition) is 1. The Bertz CT molecular complexity index is 1700. The first-order valence-electron chi connectivity index (χ1n) is 13.1. The summed E-state index contributed by atoms with van der Waals surface area (Å²) in [5.74, 6) is 0.863. The topological polar surface area (TPSA) is 48.0 Å². The van der Waals surface area contributed by atoms with Gasteiger partial charge in [-0.1, -0.05) is 0 Å². The number of anilines is 5. The van der Waals surface area contributed by atoms with E-state index in [1.807, 2.05) is 18.5 Å². The molecule has 0 radical (unpaired) electrons. The number of nitrogens with zero attached hydrogens (tertiary/aromatic N) is 4. The number of fused-ring (bicyclic) bond motifs is 2. The zero-order valence-corrected chi connectivity index (χ0v) is 24.0. The molecule has 0 amide bonds. The van der Waals surface area contributed by atoms with Crippen LogP contribution >= 0.6 is 0 Å². The van der Waals surface area contributed by atoms with Crippen LogP contribution in [-0.2, 0) is 0 Å². The van der Waals surface area contributed by atoms with Gasteiger partial charge in [0.15, 0.2) is 0 Å². The molecule has 2 aromatic heterocycles. The first-order chi connectivity index (χ1) is 19.3. The van der Waals surface area contributed by atoms with Crippen molar-refractivity contribution < 1.29 is 0 Å². The van der Waals surface area contributed by atoms with Crippen molar-refractivity contribution in [3.8, 4) is 11.4 Å². The van der Waals surface area contributed by atoms with Gasteiger partial charge in [0.05, 0.1) is 0 Å². The Labute approximate surface area is 232 Å². The summed E-state index contributed by atoms with van der Waals surface area (Å²) >= 11 is -2.44. The molecule has 188 valence electrons. The van der Waals surface area contributed by atoms with E-state index in [2.05, 4.69) is 136 Å². The van der Waals surface area contributed by atoms with Gasteiger partial charge in [0.25, 0.3) is 0 Å². The number of rotatable bonds is 5. The van der Waals surface area contributed by atoms with E-state index in [0.717, 1.165) is 22.8 Å². The molecule has 1 atom stereocenters. The van der Waals surface area contributed by atoms with Crippen molar-refractivity contribution in [1.82, 2.24) is 15.0 Å². The van der Waals surface area contributed by atoms with Gasteiger partial charge in [-0.15, -0.1) is 0 Å². The van der Waals surface area contributed by atoms with Crippen molar-refractivity contribution in [3.63, 3.8) is 0 Å². The Morgan fingerprint density at radius 1 is 0.615 bits per heavy atom. The van der Waals surface area contributed by atoms with Crippen LogP contribution in [0, 0.1) is 0 Å². The number of H-pyrrole nitrogens is 1. The summed E-state index contributed by atoms with van der Waals surface area (Å²) in [5.41, 5.74) is 6.84. The second-order valence-electron chi connectivity index (χ2n) is 9.72. The molecule has 1 N–H and O–H groups in total. The van der Waals surface area contributed by atoms with E-state index < -0.39 is 14.3 Å². The summed E-state index contributed by atoms with van der Waals surface area (Å²) in [6.07, 6.45) is 5.58. The molecule has 1 aliphatic rings. The van der Waals surface area contributed by atoms with E-state index >= 15 is 0 Å². The summed E-state index contributed by atoms with van der Waals surface area (Å²) in [7, 11) is 2.16. The fraction of sp³-hybridized carbons (Fsp3) is 0.0303. The molecular formula is C33H27GeN5. The summed E-state index contributed by atoms with van der Waals surface area (Å²) in [6.45, 7) is 0. The third kappa shape index (κ3) is 4.21. The molecule has 3 heterocycles. The first kappa shape index (κ1) is 23.5. The molecule has 7 rings (SSSR count). The minimum absolute atomic E-state index is 0.863. The quantitative estimate of drug-likeness (QED) is 0.289. The Morgan fingerprint density at radius 2 is 1.41 bits per heavy atom. The van der Waals surface area contributed by atoms with Crippen LogP contribution in [0.4, 0.5) is 28.4 Å². The Morgan fingerprint density at radius 3 is 2.21 bits per heavy atom. The van der Waals surface area contributed by atoms with Gasteiger partial charge in [0.2, 0.25) is 0 Å². The van der Waals surface area contributed by atoms with Crippen LogP contribution in [0.25, 0.3) is 11.4 Å². The van der Waals surface area contributed by atoms with Gasteiger partial charge >= 0.3 is 233 Å². The van der Waals surface area contributed by atoms with Gasteiger partial charge in [-0.25, -0.2) is 0 Å². The number of nitrogens with one attached hydrogen (secondary N) is 1. The fourth-order valence-corrected chi connectivity index (χ4v) is 11.5. The number of para-hydroxylation sites is 2. The third-order valence-corrected chi connectivity index (χ3v) is 13.7. The normalized spacial score (nSPS) is 13.1. The summed E-state index contributed by atoms with van der Waals surface area (Å²) in [6, 6.07) is 41.5. The Balaban J connectivity index is 1.43. The van der Waals surface area contributed by atoms with Crippen LogP contribution in [-0.4, -0.2) is 36.3 Å². The van der Waals surface area contributed by atoms with Crippen molar-refractivity contribution in [2.45, 2.75) is 0 Å². The van der Waals surface area contributed by atoms with E-state index in [1.165, 1.54) is 30.4 Å². The van der Waals surface area contributed by atoms with Gasteiger partial charge in [-0.2, -0.15) is 0 Å². The van der Waals surface area contributed by atoms with E-state index in [4.69, 9.17) is 4.98 Å². The SMILES string of the molecule is CN1c2ccccc2N(c2cccc(-c3ncc[nH]3)c2)c2c[c]([GeH]([c]3ccccc3)[c]3ccccn3)ccc21. The number of aromatic nitrogens is 3. The molecule has 0 saturated carbocycles. The zero-order chi connectivity index (χ0) is 26.2. The van der Waals surface area contributed by atoms with Crippen molar-refractivity contribution in [3.05, 3.63) is 134 Å². The number of aromatic amines is 1.